The van der Waals surface area contributed by atoms with Crippen molar-refractivity contribution in [2.24, 2.45) is 5.92 Å². The van der Waals surface area contributed by atoms with E-state index in [0.29, 0.717) is 27.3 Å². The number of piperidine rings is 1. The average molecular weight is 513 g/mol. The first kappa shape index (κ1) is 23.4. The quantitative estimate of drug-likeness (QED) is 0.401. The highest BCUT2D eigenvalue weighted by molar-refractivity contribution is 7.16. The molecule has 2 aliphatic rings. The van der Waals surface area contributed by atoms with E-state index in [9.17, 15) is 4.79 Å². The van der Waals surface area contributed by atoms with Gasteiger partial charge in [-0.25, -0.2) is 9.69 Å². The van der Waals surface area contributed by atoms with Gasteiger partial charge in [0, 0.05) is 24.0 Å². The summed E-state index contributed by atoms with van der Waals surface area (Å²) in [6, 6.07) is 11.2. The Balaban J connectivity index is 1.48. The third kappa shape index (κ3) is 5.34. The summed E-state index contributed by atoms with van der Waals surface area (Å²) in [6.45, 7) is 1.71. The molecule has 8 heteroatoms. The second-order valence-corrected chi connectivity index (χ2v) is 10.8. The summed E-state index contributed by atoms with van der Waals surface area (Å²) in [4.78, 5) is 15.0. The van der Waals surface area contributed by atoms with Gasteiger partial charge in [-0.05, 0) is 62.1 Å². The Morgan fingerprint density at radius 1 is 1.03 bits per heavy atom. The fourth-order valence-corrected chi connectivity index (χ4v) is 5.85. The van der Waals surface area contributed by atoms with Crippen molar-refractivity contribution in [3.8, 4) is 28.1 Å². The highest BCUT2D eigenvalue weighted by atomic mass is 35.5. The van der Waals surface area contributed by atoms with Crippen LogP contribution in [0.1, 0.15) is 60.3 Å². The summed E-state index contributed by atoms with van der Waals surface area (Å²) in [6.07, 6.45) is 8.31. The van der Waals surface area contributed by atoms with Crippen LogP contribution in [0.15, 0.2) is 36.4 Å². The molecule has 0 unspecified atom stereocenters. The van der Waals surface area contributed by atoms with Gasteiger partial charge >= 0.3 is 0 Å². The van der Waals surface area contributed by atoms with E-state index < -0.39 is 0 Å². The molecule has 0 bridgehead atoms. The summed E-state index contributed by atoms with van der Waals surface area (Å²) in [5, 5.41) is 7.64. The van der Waals surface area contributed by atoms with Crippen LogP contribution in [0, 0.1) is 17.8 Å². The first-order chi connectivity index (χ1) is 16.6. The Kier molecular flexibility index (Phi) is 7.26. The van der Waals surface area contributed by atoms with Gasteiger partial charge in [-0.2, -0.15) is 5.10 Å². The number of nitrogens with zero attached hydrogens (tertiary/aromatic N) is 3. The second kappa shape index (κ2) is 10.5. The molecule has 1 aromatic carbocycles. The predicted octanol–water partition coefficient (Wildman–Crippen LogP) is 6.58. The summed E-state index contributed by atoms with van der Waals surface area (Å²) in [5.74, 6) is 7.06. The topological polar surface area (TPSA) is 50.2 Å². The lowest BCUT2D eigenvalue weighted by Gasteiger charge is -2.26. The molecule has 1 N–H and O–H groups in total. The van der Waals surface area contributed by atoms with E-state index in [0.717, 1.165) is 41.4 Å². The Morgan fingerprint density at radius 3 is 2.59 bits per heavy atom. The number of hydrazine groups is 1. The molecule has 1 saturated carbocycles. The van der Waals surface area contributed by atoms with Gasteiger partial charge in [0.2, 0.25) is 0 Å². The number of carbonyl (C=O) groups is 1. The van der Waals surface area contributed by atoms with Crippen LogP contribution in [0.5, 0.6) is 0 Å². The van der Waals surface area contributed by atoms with E-state index in [1.165, 1.54) is 32.1 Å². The number of carbonyl (C=O) groups excluding carboxylic acids is 1. The third-order valence-electron chi connectivity index (χ3n) is 6.31. The highest BCUT2D eigenvalue weighted by Crippen LogP contribution is 2.33. The molecular weight excluding hydrogens is 487 g/mol. The molecular formula is C26H26Cl2N4OS. The molecule has 2 aromatic heterocycles. The van der Waals surface area contributed by atoms with Gasteiger partial charge in [0.05, 0.1) is 26.2 Å². The van der Waals surface area contributed by atoms with Gasteiger partial charge in [0.1, 0.15) is 0 Å². The van der Waals surface area contributed by atoms with Crippen LogP contribution in [0.3, 0.4) is 0 Å². The van der Waals surface area contributed by atoms with Crippen LogP contribution in [0.4, 0.5) is 0 Å². The van der Waals surface area contributed by atoms with Crippen molar-refractivity contribution < 1.29 is 4.79 Å². The molecule has 1 saturated heterocycles. The van der Waals surface area contributed by atoms with E-state index in [1.807, 2.05) is 29.3 Å². The second-order valence-electron chi connectivity index (χ2n) is 8.83. The van der Waals surface area contributed by atoms with Crippen molar-refractivity contribution in [1.29, 1.82) is 0 Å². The number of thiophene rings is 1. The Bertz CT molecular complexity index is 1240. The van der Waals surface area contributed by atoms with Crippen molar-refractivity contribution in [1.82, 2.24) is 20.2 Å². The number of nitrogens with one attached hydrogen (secondary N) is 1. The molecule has 176 valence electrons. The average Bonchev–Trinajstić information content (AvgIpc) is 3.59. The lowest BCUT2D eigenvalue weighted by Crippen LogP contribution is -2.45. The van der Waals surface area contributed by atoms with Crippen LogP contribution in [-0.2, 0) is 0 Å². The summed E-state index contributed by atoms with van der Waals surface area (Å²) in [7, 11) is 0. The van der Waals surface area contributed by atoms with Crippen LogP contribution in [-0.4, -0.2) is 33.8 Å². The van der Waals surface area contributed by atoms with E-state index in [2.05, 4.69) is 22.4 Å². The fourth-order valence-electron chi connectivity index (χ4n) is 4.50. The Hall–Kier alpha value is -2.30. The maximum Gasteiger partial charge on any atom is 0.286 e. The van der Waals surface area contributed by atoms with E-state index in [4.69, 9.17) is 23.2 Å². The van der Waals surface area contributed by atoms with E-state index >= 15 is 0 Å². The molecule has 2 fully saturated rings. The van der Waals surface area contributed by atoms with Crippen LogP contribution < -0.4 is 5.43 Å². The van der Waals surface area contributed by atoms with Gasteiger partial charge in [0.15, 0.2) is 5.69 Å². The summed E-state index contributed by atoms with van der Waals surface area (Å²) >= 11 is 14.2. The SMILES string of the molecule is O=C(NN1CCCCC1)c1cc(-c2ccc(C#CC3CCCC3)s2)n(-c2ccc(Cl)cc2Cl)n1. The largest absolute Gasteiger partial charge is 0.286 e. The van der Waals surface area contributed by atoms with Crippen LogP contribution >= 0.6 is 34.5 Å². The van der Waals surface area contributed by atoms with Crippen molar-refractivity contribution in [2.75, 3.05) is 13.1 Å². The highest BCUT2D eigenvalue weighted by Gasteiger charge is 2.21. The first-order valence-corrected chi connectivity index (χ1v) is 13.4. The standard InChI is InChI=1S/C26H26Cl2N4OS/c27-19-9-12-23(21(28)16-19)32-24(17-22(29-32)26(33)30-31-14-4-1-5-15-31)25-13-11-20(34-25)10-8-18-6-2-3-7-18/h9,11-13,16-18H,1-7,14-15H2,(H,30,33). The maximum absolute atomic E-state index is 13.0. The molecule has 1 aliphatic heterocycles. The zero-order valence-corrected chi connectivity index (χ0v) is 21.1. The van der Waals surface area contributed by atoms with Crippen molar-refractivity contribution in [3.63, 3.8) is 0 Å². The van der Waals surface area contributed by atoms with Gasteiger partial charge in [0.25, 0.3) is 5.91 Å². The Labute approximate surface area is 214 Å². The predicted molar refractivity (Wildman–Crippen MR) is 139 cm³/mol. The number of hydrogen-bond acceptors (Lipinski definition) is 4. The van der Waals surface area contributed by atoms with Gasteiger partial charge in [-0.1, -0.05) is 54.3 Å². The van der Waals surface area contributed by atoms with E-state index in [1.54, 1.807) is 28.2 Å². The lowest BCUT2D eigenvalue weighted by molar-refractivity contribution is 0.0744. The van der Waals surface area contributed by atoms with Crippen LogP contribution in [0.25, 0.3) is 16.3 Å². The van der Waals surface area contributed by atoms with Gasteiger partial charge in [-0.15, -0.1) is 11.3 Å². The molecule has 0 atom stereocenters. The molecule has 5 rings (SSSR count). The normalized spacial score (nSPS) is 16.9. The fraction of sp³-hybridized carbons (Fsp3) is 0.385. The molecule has 5 nitrogen and oxygen atoms in total. The van der Waals surface area contributed by atoms with E-state index in [-0.39, 0.29) is 5.91 Å². The molecule has 1 aliphatic carbocycles. The minimum Gasteiger partial charge on any atom is -0.283 e. The lowest BCUT2D eigenvalue weighted by atomic mass is 10.1. The molecule has 3 heterocycles. The van der Waals surface area contributed by atoms with Gasteiger partial charge < -0.3 is 0 Å². The zero-order valence-electron chi connectivity index (χ0n) is 18.8. The number of halogens is 2. The van der Waals surface area contributed by atoms with Gasteiger partial charge in [-0.3, -0.25) is 10.2 Å². The number of aromatic nitrogens is 2. The number of rotatable bonds is 4. The van der Waals surface area contributed by atoms with Crippen molar-refractivity contribution >= 4 is 40.4 Å². The smallest absolute Gasteiger partial charge is 0.283 e. The molecule has 0 radical (unpaired) electrons. The molecule has 3 aromatic rings. The van der Waals surface area contributed by atoms with Crippen molar-refractivity contribution in [2.45, 2.75) is 44.9 Å². The minimum atomic E-state index is -0.218. The monoisotopic (exact) mass is 512 g/mol. The minimum absolute atomic E-state index is 0.218. The number of hydrogen-bond donors (Lipinski definition) is 1. The molecule has 1 amide bonds. The third-order valence-corrected chi connectivity index (χ3v) is 7.87. The maximum atomic E-state index is 13.0. The summed E-state index contributed by atoms with van der Waals surface area (Å²) < 4.78 is 1.73. The van der Waals surface area contributed by atoms with Crippen LogP contribution in [0.2, 0.25) is 10.0 Å². The number of amides is 1. The number of benzene rings is 1. The Morgan fingerprint density at radius 2 is 1.82 bits per heavy atom. The summed E-state index contributed by atoms with van der Waals surface area (Å²) in [5.41, 5.74) is 4.82. The molecule has 0 spiro atoms. The van der Waals surface area contributed by atoms with Crippen molar-refractivity contribution in [3.05, 3.63) is 57.0 Å². The molecule has 34 heavy (non-hydrogen) atoms. The first-order valence-electron chi connectivity index (χ1n) is 11.8. The zero-order chi connectivity index (χ0) is 23.5.